The minimum absolute atomic E-state index is 0.0309. The van der Waals surface area contributed by atoms with Gasteiger partial charge in [-0.2, -0.15) is 0 Å². The first-order chi connectivity index (χ1) is 10.3. The molecule has 0 amide bonds. The van der Waals surface area contributed by atoms with Crippen LogP contribution in [0.1, 0.15) is 36.3 Å². The Morgan fingerprint density at radius 3 is 2.79 bits per heavy atom. The van der Waals surface area contributed by atoms with Crippen molar-refractivity contribution in [2.45, 2.75) is 38.8 Å². The molecule has 1 aromatic rings. The number of carbonyl (C=O) groups excluding carboxylic acids is 1. The molecule has 0 bridgehead atoms. The highest BCUT2D eigenvalue weighted by molar-refractivity contribution is 5.70. The van der Waals surface area contributed by atoms with Crippen LogP contribution in [0.5, 0.6) is 0 Å². The Hall–Kier alpha value is -1.39. The van der Waals surface area contributed by atoms with Gasteiger partial charge in [-0.3, -0.25) is 4.79 Å². The molecule has 4 nitrogen and oxygen atoms in total. The summed E-state index contributed by atoms with van der Waals surface area (Å²) in [5, 5.41) is 10.3. The highest BCUT2D eigenvalue weighted by Crippen LogP contribution is 2.15. The standard InChI is InChI=1S/C15H22O4/c1-3-19-14(16)11-15(2,17)9-10-18-12-13-7-5-4-6-8-13/h4-8,17H,3,9-12H2,1-2H3/i2D3. The van der Waals surface area contributed by atoms with Gasteiger partial charge < -0.3 is 14.6 Å². The molecule has 1 N–H and O–H groups in total. The van der Waals surface area contributed by atoms with Crippen molar-refractivity contribution in [1.29, 1.82) is 0 Å². The summed E-state index contributed by atoms with van der Waals surface area (Å²) in [5.41, 5.74) is -1.19. The molecule has 0 aliphatic carbocycles. The molecule has 1 unspecified atom stereocenters. The Labute approximate surface area is 118 Å². The molecule has 0 fully saturated rings. The Kier molecular flexibility index (Phi) is 4.77. The molecule has 0 heterocycles. The third-order valence-corrected chi connectivity index (χ3v) is 2.51. The third kappa shape index (κ3) is 6.94. The van der Waals surface area contributed by atoms with Gasteiger partial charge in [-0.25, -0.2) is 0 Å². The lowest BCUT2D eigenvalue weighted by Gasteiger charge is -2.21. The van der Waals surface area contributed by atoms with E-state index in [0.29, 0.717) is 6.61 Å². The van der Waals surface area contributed by atoms with Crippen molar-refractivity contribution >= 4 is 5.97 Å². The molecule has 19 heavy (non-hydrogen) atoms. The van der Waals surface area contributed by atoms with Gasteiger partial charge in [-0.1, -0.05) is 30.3 Å². The molecule has 0 radical (unpaired) electrons. The zero-order valence-corrected chi connectivity index (χ0v) is 11.1. The van der Waals surface area contributed by atoms with Gasteiger partial charge in [0, 0.05) is 10.7 Å². The normalized spacial score (nSPS) is 16.8. The van der Waals surface area contributed by atoms with E-state index in [1.165, 1.54) is 0 Å². The fourth-order valence-electron chi connectivity index (χ4n) is 1.54. The molecular weight excluding hydrogens is 244 g/mol. The van der Waals surface area contributed by atoms with Gasteiger partial charge >= 0.3 is 5.97 Å². The number of benzene rings is 1. The van der Waals surface area contributed by atoms with Gasteiger partial charge in [-0.05, 0) is 25.8 Å². The number of hydrogen-bond donors (Lipinski definition) is 1. The molecule has 0 saturated heterocycles. The number of rotatable bonds is 8. The van der Waals surface area contributed by atoms with Crippen molar-refractivity contribution in [2.75, 3.05) is 13.2 Å². The van der Waals surface area contributed by atoms with E-state index in [1.54, 1.807) is 6.92 Å². The second-order valence-corrected chi connectivity index (χ2v) is 4.30. The van der Waals surface area contributed by atoms with Crippen LogP contribution in [0.15, 0.2) is 30.3 Å². The fourth-order valence-corrected chi connectivity index (χ4v) is 1.54. The van der Waals surface area contributed by atoms with E-state index < -0.39 is 24.8 Å². The summed E-state index contributed by atoms with van der Waals surface area (Å²) < 4.78 is 32.4. The highest BCUT2D eigenvalue weighted by atomic mass is 16.5. The zero-order valence-electron chi connectivity index (χ0n) is 14.1. The van der Waals surface area contributed by atoms with Crippen LogP contribution in [-0.2, 0) is 20.9 Å². The fraction of sp³-hybridized carbons (Fsp3) is 0.533. The van der Waals surface area contributed by atoms with Gasteiger partial charge in [0.25, 0.3) is 0 Å². The maximum atomic E-state index is 11.5. The summed E-state index contributed by atoms with van der Waals surface area (Å²) in [6.07, 6.45) is -0.749. The lowest BCUT2D eigenvalue weighted by atomic mass is 9.99. The predicted octanol–water partition coefficient (Wildman–Crippen LogP) is 2.30. The molecule has 1 aromatic carbocycles. The lowest BCUT2D eigenvalue weighted by Crippen LogP contribution is -2.30. The summed E-state index contributed by atoms with van der Waals surface area (Å²) in [7, 11) is 0. The number of aliphatic hydroxyl groups is 1. The average molecular weight is 269 g/mol. The molecule has 0 aromatic heterocycles. The van der Waals surface area contributed by atoms with Gasteiger partial charge in [0.15, 0.2) is 0 Å². The highest BCUT2D eigenvalue weighted by Gasteiger charge is 2.24. The number of esters is 1. The number of hydrogen-bond acceptors (Lipinski definition) is 4. The Morgan fingerprint density at radius 1 is 1.42 bits per heavy atom. The molecule has 1 rings (SSSR count). The first-order valence-electron chi connectivity index (χ1n) is 7.78. The second kappa shape index (κ2) is 7.92. The van der Waals surface area contributed by atoms with Crippen LogP contribution in [0.4, 0.5) is 0 Å². The summed E-state index contributed by atoms with van der Waals surface area (Å²) in [6.45, 7) is -0.577. The molecular formula is C15H22O4. The Balaban J connectivity index is 2.53. The first-order valence-corrected chi connectivity index (χ1v) is 6.28. The van der Waals surface area contributed by atoms with E-state index in [2.05, 4.69) is 0 Å². The Bertz CT molecular complexity index is 462. The molecule has 106 valence electrons. The second-order valence-electron chi connectivity index (χ2n) is 4.30. The van der Waals surface area contributed by atoms with Gasteiger partial charge in [-0.15, -0.1) is 0 Å². The van der Waals surface area contributed by atoms with E-state index >= 15 is 0 Å². The predicted molar refractivity (Wildman–Crippen MR) is 72.6 cm³/mol. The van der Waals surface area contributed by atoms with Gasteiger partial charge in [0.2, 0.25) is 0 Å². The summed E-state index contributed by atoms with van der Waals surface area (Å²) in [6, 6.07) is 9.40. The van der Waals surface area contributed by atoms with E-state index in [4.69, 9.17) is 13.6 Å². The summed E-state index contributed by atoms with van der Waals surface area (Å²) >= 11 is 0. The molecule has 0 aliphatic heterocycles. The SMILES string of the molecule is [2H]C([2H])([2H])C(O)(CCOCc1ccccc1)CC(=O)OCC. The zero-order chi connectivity index (χ0) is 16.6. The molecule has 4 heteroatoms. The van der Waals surface area contributed by atoms with Crippen LogP contribution < -0.4 is 0 Å². The molecule has 0 saturated carbocycles. The van der Waals surface area contributed by atoms with Crippen molar-refractivity contribution in [3.8, 4) is 0 Å². The van der Waals surface area contributed by atoms with Gasteiger partial charge in [0.05, 0.1) is 25.2 Å². The van der Waals surface area contributed by atoms with Crippen LogP contribution in [0.25, 0.3) is 0 Å². The van der Waals surface area contributed by atoms with E-state index in [1.807, 2.05) is 30.3 Å². The summed E-state index contributed by atoms with van der Waals surface area (Å²) in [5.74, 6) is -0.732. The van der Waals surface area contributed by atoms with Crippen molar-refractivity contribution < 1.29 is 23.5 Å². The van der Waals surface area contributed by atoms with E-state index in [-0.39, 0.29) is 19.6 Å². The third-order valence-electron chi connectivity index (χ3n) is 2.51. The monoisotopic (exact) mass is 269 g/mol. The van der Waals surface area contributed by atoms with E-state index in [9.17, 15) is 9.90 Å². The van der Waals surface area contributed by atoms with Crippen LogP contribution >= 0.6 is 0 Å². The van der Waals surface area contributed by atoms with E-state index in [0.717, 1.165) is 5.56 Å². The van der Waals surface area contributed by atoms with Gasteiger partial charge in [0.1, 0.15) is 0 Å². The van der Waals surface area contributed by atoms with Crippen molar-refractivity contribution in [3.63, 3.8) is 0 Å². The largest absolute Gasteiger partial charge is 0.466 e. The van der Waals surface area contributed by atoms with Crippen LogP contribution in [0, 0.1) is 0 Å². The van der Waals surface area contributed by atoms with Crippen LogP contribution in [0.2, 0.25) is 0 Å². The quantitative estimate of drug-likeness (QED) is 0.581. The topological polar surface area (TPSA) is 55.8 Å². The smallest absolute Gasteiger partial charge is 0.308 e. The molecule has 0 aliphatic rings. The minimum atomic E-state index is -2.68. The van der Waals surface area contributed by atoms with Crippen molar-refractivity contribution in [3.05, 3.63) is 35.9 Å². The maximum Gasteiger partial charge on any atom is 0.308 e. The van der Waals surface area contributed by atoms with Crippen LogP contribution in [0.3, 0.4) is 0 Å². The molecule has 1 atom stereocenters. The number of carbonyl (C=O) groups is 1. The maximum absolute atomic E-state index is 11.5. The minimum Gasteiger partial charge on any atom is -0.466 e. The van der Waals surface area contributed by atoms with Crippen molar-refractivity contribution in [2.24, 2.45) is 0 Å². The molecule has 0 spiro atoms. The van der Waals surface area contributed by atoms with Crippen LogP contribution in [-0.4, -0.2) is 29.9 Å². The lowest BCUT2D eigenvalue weighted by molar-refractivity contribution is -0.148. The van der Waals surface area contributed by atoms with Crippen molar-refractivity contribution in [1.82, 2.24) is 0 Å². The summed E-state index contributed by atoms with van der Waals surface area (Å²) in [4.78, 5) is 11.5. The Morgan fingerprint density at radius 2 is 2.16 bits per heavy atom. The number of ether oxygens (including phenoxy) is 2. The average Bonchev–Trinajstić information content (AvgIpc) is 2.44. The first kappa shape index (κ1) is 11.4.